The molecule has 0 aromatic rings. The van der Waals surface area contributed by atoms with Gasteiger partial charge in [0, 0.05) is 0 Å². The largest absolute Gasteiger partial charge is 0.316 e. The van der Waals surface area contributed by atoms with Gasteiger partial charge in [0.15, 0.2) is 0 Å². The Morgan fingerprint density at radius 1 is 1.86 bits per heavy atom. The highest BCUT2D eigenvalue weighted by Crippen LogP contribution is 1.90. The van der Waals surface area contributed by atoms with Crippen LogP contribution in [0.3, 0.4) is 0 Å². The highest BCUT2D eigenvalue weighted by atomic mass is 127. The molecule has 0 rings (SSSR count). The first kappa shape index (κ1) is 7.65. The van der Waals surface area contributed by atoms with Crippen LogP contribution in [0.5, 0.6) is 0 Å². The number of hydrogen-bond acceptors (Lipinski definition) is 2. The van der Waals surface area contributed by atoms with Gasteiger partial charge in [-0.3, -0.25) is 4.90 Å². The van der Waals surface area contributed by atoms with Gasteiger partial charge in [-0.15, -0.1) is 0 Å². The first-order valence-electron chi connectivity index (χ1n) is 2.20. The van der Waals surface area contributed by atoms with Crippen molar-refractivity contribution in [1.29, 1.82) is 0 Å². The van der Waals surface area contributed by atoms with Gasteiger partial charge in [-0.25, -0.2) is 0 Å². The van der Waals surface area contributed by atoms with Gasteiger partial charge in [0.05, 0.1) is 10.7 Å². The molecule has 1 atom stereocenters. The van der Waals surface area contributed by atoms with E-state index in [4.69, 9.17) is 5.73 Å². The molecule has 3 heteroatoms. The average molecular weight is 214 g/mol. The second kappa shape index (κ2) is 3.63. The van der Waals surface area contributed by atoms with Gasteiger partial charge in [-0.2, -0.15) is 0 Å². The molecule has 0 radical (unpaired) electrons. The predicted octanol–water partition coefficient (Wildman–Crippen LogP) is 0.615. The van der Waals surface area contributed by atoms with Crippen molar-refractivity contribution in [2.75, 3.05) is 11.6 Å². The summed E-state index contributed by atoms with van der Waals surface area (Å²) in [5.41, 5.74) is 5.47. The first-order chi connectivity index (χ1) is 3.18. The highest BCUT2D eigenvalue weighted by Gasteiger charge is 1.97. The van der Waals surface area contributed by atoms with Gasteiger partial charge < -0.3 is 5.73 Å². The maximum atomic E-state index is 5.47. The molecule has 0 amide bonds. The molecule has 0 aliphatic rings. The van der Waals surface area contributed by atoms with Crippen LogP contribution in [-0.4, -0.2) is 22.7 Å². The zero-order valence-corrected chi connectivity index (χ0v) is 6.84. The summed E-state index contributed by atoms with van der Waals surface area (Å²) in [7, 11) is 2.00. The summed E-state index contributed by atoms with van der Waals surface area (Å²) in [6.07, 6.45) is 0.192. The van der Waals surface area contributed by atoms with Crippen LogP contribution in [0.4, 0.5) is 0 Å². The molecule has 2 nitrogen and oxygen atoms in total. The van der Waals surface area contributed by atoms with Crippen molar-refractivity contribution in [1.82, 2.24) is 4.90 Å². The molecule has 0 aliphatic carbocycles. The Labute approximate surface area is 58.2 Å². The van der Waals surface area contributed by atoms with Crippen LogP contribution in [0.2, 0.25) is 0 Å². The van der Waals surface area contributed by atoms with Crippen LogP contribution < -0.4 is 5.73 Å². The lowest BCUT2D eigenvalue weighted by Gasteiger charge is -2.16. The minimum atomic E-state index is 0.192. The fourth-order valence-corrected chi connectivity index (χ4v) is 0.730. The minimum Gasteiger partial charge on any atom is -0.316 e. The molecule has 1 unspecified atom stereocenters. The van der Waals surface area contributed by atoms with Crippen LogP contribution in [0.15, 0.2) is 0 Å². The van der Waals surface area contributed by atoms with E-state index >= 15 is 0 Å². The zero-order chi connectivity index (χ0) is 5.86. The summed E-state index contributed by atoms with van der Waals surface area (Å²) >= 11 is 2.27. The van der Waals surface area contributed by atoms with Crippen LogP contribution >= 0.6 is 22.6 Å². The third-order valence-corrected chi connectivity index (χ3v) is 1.96. The molecule has 2 N–H and O–H groups in total. The molecular weight excluding hydrogens is 203 g/mol. The van der Waals surface area contributed by atoms with Crippen molar-refractivity contribution in [2.24, 2.45) is 5.73 Å². The second-order valence-corrected chi connectivity index (χ2v) is 2.30. The van der Waals surface area contributed by atoms with Gasteiger partial charge in [0.25, 0.3) is 0 Å². The van der Waals surface area contributed by atoms with E-state index in [0.717, 1.165) is 4.55 Å². The molecule has 0 saturated heterocycles. The molecule has 0 spiro atoms. The van der Waals surface area contributed by atoms with Crippen LogP contribution in [0.25, 0.3) is 0 Å². The lowest BCUT2D eigenvalue weighted by molar-refractivity contribution is 0.316. The number of nitrogens with two attached hydrogens (primary N) is 1. The molecule has 0 saturated carbocycles. The van der Waals surface area contributed by atoms with Crippen molar-refractivity contribution >= 4 is 22.6 Å². The molecule has 7 heavy (non-hydrogen) atoms. The van der Waals surface area contributed by atoms with Crippen LogP contribution in [-0.2, 0) is 0 Å². The number of alkyl halides is 1. The fourth-order valence-electron chi connectivity index (χ4n) is 0.109. The van der Waals surface area contributed by atoms with Crippen molar-refractivity contribution < 1.29 is 0 Å². The summed E-state index contributed by atoms with van der Waals surface area (Å²) in [4.78, 5) is 2.06. The maximum absolute atomic E-state index is 5.47. The van der Waals surface area contributed by atoms with Gasteiger partial charge in [0.2, 0.25) is 0 Å². The van der Waals surface area contributed by atoms with Gasteiger partial charge in [0.1, 0.15) is 0 Å². The number of rotatable bonds is 2. The molecule has 44 valence electrons. The summed E-state index contributed by atoms with van der Waals surface area (Å²) in [5.74, 6) is 0. The maximum Gasteiger partial charge on any atom is 0.0547 e. The molecular formula is C4H11IN2. The average Bonchev–Trinajstić information content (AvgIpc) is 1.65. The second-order valence-electron chi connectivity index (χ2n) is 1.62. The summed E-state index contributed by atoms with van der Waals surface area (Å²) < 4.78 is 0.995. The van der Waals surface area contributed by atoms with E-state index in [1.165, 1.54) is 0 Å². The Bertz CT molecular complexity index is 47.0. The van der Waals surface area contributed by atoms with Gasteiger partial charge in [-0.1, -0.05) is 22.6 Å². The third-order valence-electron chi connectivity index (χ3n) is 0.884. The molecule has 0 aliphatic heterocycles. The smallest absolute Gasteiger partial charge is 0.0547 e. The third kappa shape index (κ3) is 3.25. The van der Waals surface area contributed by atoms with Crippen molar-refractivity contribution in [3.8, 4) is 0 Å². The number of nitrogens with zero attached hydrogens (tertiary/aromatic N) is 1. The number of halogens is 1. The number of hydrogen-bond donors (Lipinski definition) is 1. The van der Waals surface area contributed by atoms with E-state index in [1.807, 2.05) is 14.0 Å². The molecule has 0 bridgehead atoms. The standard InChI is InChI=1S/C4H11IN2/c1-4(6)7(2)3-5/h4H,3,6H2,1-2H3. The van der Waals surface area contributed by atoms with E-state index in [2.05, 4.69) is 27.5 Å². The lowest BCUT2D eigenvalue weighted by Crippen LogP contribution is -2.34. The highest BCUT2D eigenvalue weighted by molar-refractivity contribution is 14.1. The summed E-state index contributed by atoms with van der Waals surface area (Å²) in [5, 5.41) is 0. The van der Waals surface area contributed by atoms with Crippen molar-refractivity contribution in [2.45, 2.75) is 13.1 Å². The molecule has 0 heterocycles. The Morgan fingerprint density at radius 2 is 2.29 bits per heavy atom. The Kier molecular flexibility index (Phi) is 3.96. The normalized spacial score (nSPS) is 15.0. The Morgan fingerprint density at radius 3 is 2.29 bits per heavy atom. The van der Waals surface area contributed by atoms with Gasteiger partial charge in [-0.05, 0) is 14.0 Å². The summed E-state index contributed by atoms with van der Waals surface area (Å²) in [6.45, 7) is 1.97. The van der Waals surface area contributed by atoms with Crippen LogP contribution in [0.1, 0.15) is 6.92 Å². The SMILES string of the molecule is CC(N)N(C)CI. The Hall–Kier alpha value is 0.650. The molecule has 0 fully saturated rings. The van der Waals surface area contributed by atoms with Crippen molar-refractivity contribution in [3.05, 3.63) is 0 Å². The van der Waals surface area contributed by atoms with E-state index in [1.54, 1.807) is 0 Å². The fraction of sp³-hybridized carbons (Fsp3) is 1.00. The Balaban J connectivity index is 3.14. The zero-order valence-electron chi connectivity index (χ0n) is 4.69. The van der Waals surface area contributed by atoms with Gasteiger partial charge >= 0.3 is 0 Å². The first-order valence-corrected chi connectivity index (χ1v) is 3.73. The minimum absolute atomic E-state index is 0.192. The van der Waals surface area contributed by atoms with E-state index in [0.29, 0.717) is 0 Å². The van der Waals surface area contributed by atoms with E-state index in [-0.39, 0.29) is 6.17 Å². The molecule has 0 aromatic heterocycles. The van der Waals surface area contributed by atoms with E-state index < -0.39 is 0 Å². The monoisotopic (exact) mass is 214 g/mol. The van der Waals surface area contributed by atoms with Crippen LogP contribution in [0, 0.1) is 0 Å². The summed E-state index contributed by atoms with van der Waals surface area (Å²) in [6, 6.07) is 0. The molecule has 0 aromatic carbocycles. The topological polar surface area (TPSA) is 29.3 Å². The van der Waals surface area contributed by atoms with E-state index in [9.17, 15) is 0 Å². The predicted molar refractivity (Wildman–Crippen MR) is 40.3 cm³/mol. The van der Waals surface area contributed by atoms with Crippen molar-refractivity contribution in [3.63, 3.8) is 0 Å². The lowest BCUT2D eigenvalue weighted by atomic mass is 10.6. The quantitative estimate of drug-likeness (QED) is 0.316.